The molecule has 1 aliphatic rings. The van der Waals surface area contributed by atoms with Crippen molar-refractivity contribution in [3.8, 4) is 0 Å². The molecule has 7 nitrogen and oxygen atoms in total. The van der Waals surface area contributed by atoms with Gasteiger partial charge in [-0.15, -0.1) is 0 Å². The van der Waals surface area contributed by atoms with Crippen molar-refractivity contribution >= 4 is 5.71 Å². The van der Waals surface area contributed by atoms with Crippen LogP contribution in [0.2, 0.25) is 0 Å². The molecule has 0 aromatic heterocycles. The molecular formula is C6H12N2O5. The Labute approximate surface area is 74.1 Å². The lowest BCUT2D eigenvalue weighted by Gasteiger charge is -2.34. The highest BCUT2D eigenvalue weighted by atomic mass is 16.6. The molecule has 4 atom stereocenters. The van der Waals surface area contributed by atoms with Crippen LogP contribution >= 0.6 is 0 Å². The van der Waals surface area contributed by atoms with Gasteiger partial charge in [0.25, 0.3) is 0 Å². The average molecular weight is 192 g/mol. The van der Waals surface area contributed by atoms with E-state index in [-0.39, 0.29) is 5.71 Å². The number of rotatable bonds is 1. The second kappa shape index (κ2) is 3.99. The number of ether oxygens (including phenoxy) is 1. The summed E-state index contributed by atoms with van der Waals surface area (Å²) in [7, 11) is 0. The van der Waals surface area contributed by atoms with Crippen LogP contribution in [-0.4, -0.2) is 57.3 Å². The van der Waals surface area contributed by atoms with Crippen LogP contribution in [0.1, 0.15) is 0 Å². The third-order valence-electron chi connectivity index (χ3n) is 1.89. The van der Waals surface area contributed by atoms with E-state index in [1.807, 2.05) is 0 Å². The zero-order chi connectivity index (χ0) is 10.0. The molecule has 0 aliphatic carbocycles. The number of hydrogen-bond acceptors (Lipinski definition) is 7. The zero-order valence-corrected chi connectivity index (χ0v) is 6.74. The van der Waals surface area contributed by atoms with Crippen LogP contribution in [0.15, 0.2) is 5.10 Å². The molecule has 1 rings (SSSR count). The molecule has 4 unspecified atom stereocenters. The summed E-state index contributed by atoms with van der Waals surface area (Å²) in [5, 5.41) is 39.5. The van der Waals surface area contributed by atoms with Crippen LogP contribution in [-0.2, 0) is 4.74 Å². The third kappa shape index (κ3) is 1.79. The van der Waals surface area contributed by atoms with Crippen molar-refractivity contribution < 1.29 is 25.2 Å². The summed E-state index contributed by atoms with van der Waals surface area (Å²) in [6.45, 7) is -0.507. The molecule has 0 aromatic rings. The minimum Gasteiger partial charge on any atom is -0.394 e. The van der Waals surface area contributed by atoms with Crippen molar-refractivity contribution in [2.75, 3.05) is 6.61 Å². The molecule has 0 aromatic carbocycles. The molecule has 1 aliphatic heterocycles. The summed E-state index contributed by atoms with van der Waals surface area (Å²) in [4.78, 5) is 0. The molecule has 0 bridgehead atoms. The van der Waals surface area contributed by atoms with Gasteiger partial charge in [-0.05, 0) is 0 Å². The third-order valence-corrected chi connectivity index (χ3v) is 1.89. The number of hydrogen-bond donors (Lipinski definition) is 5. The Kier molecular flexibility index (Phi) is 3.17. The van der Waals surface area contributed by atoms with Crippen molar-refractivity contribution in [2.45, 2.75) is 24.6 Å². The highest BCUT2D eigenvalue weighted by molar-refractivity contribution is 5.92. The van der Waals surface area contributed by atoms with Gasteiger partial charge in [-0.1, -0.05) is 0 Å². The van der Waals surface area contributed by atoms with Gasteiger partial charge in [-0.2, -0.15) is 5.10 Å². The first kappa shape index (κ1) is 10.4. The smallest absolute Gasteiger partial charge is 0.199 e. The first-order valence-electron chi connectivity index (χ1n) is 3.70. The first-order chi connectivity index (χ1) is 6.11. The van der Waals surface area contributed by atoms with Gasteiger partial charge >= 0.3 is 0 Å². The highest BCUT2D eigenvalue weighted by Crippen LogP contribution is 2.16. The Hall–Kier alpha value is -0.730. The zero-order valence-electron chi connectivity index (χ0n) is 6.74. The summed E-state index contributed by atoms with van der Waals surface area (Å²) >= 11 is 0. The highest BCUT2D eigenvalue weighted by Gasteiger charge is 2.40. The van der Waals surface area contributed by atoms with Gasteiger partial charge in [0.1, 0.15) is 24.0 Å². The van der Waals surface area contributed by atoms with E-state index in [1.54, 1.807) is 0 Å². The van der Waals surface area contributed by atoms with Gasteiger partial charge < -0.3 is 31.0 Å². The molecule has 7 heteroatoms. The summed E-state index contributed by atoms with van der Waals surface area (Å²) in [6, 6.07) is 0. The van der Waals surface area contributed by atoms with E-state index < -0.39 is 31.2 Å². The number of aliphatic hydroxyl groups is 4. The van der Waals surface area contributed by atoms with Crippen LogP contribution in [0.4, 0.5) is 0 Å². The minimum absolute atomic E-state index is 0.253. The number of aliphatic hydroxyl groups excluding tert-OH is 4. The lowest BCUT2D eigenvalue weighted by Crippen LogP contribution is -2.56. The summed E-state index contributed by atoms with van der Waals surface area (Å²) in [6.07, 6.45) is -5.27. The maximum atomic E-state index is 9.30. The van der Waals surface area contributed by atoms with Crippen molar-refractivity contribution in [2.24, 2.45) is 10.9 Å². The molecule has 1 saturated heterocycles. The minimum atomic E-state index is -1.49. The fraction of sp³-hybridized carbons (Fsp3) is 0.833. The quantitative estimate of drug-likeness (QED) is 0.219. The monoisotopic (exact) mass is 192 g/mol. The second-order valence-corrected chi connectivity index (χ2v) is 2.70. The number of nitrogens with zero attached hydrogens (tertiary/aromatic N) is 1. The Morgan fingerprint density at radius 2 is 2.00 bits per heavy atom. The topological polar surface area (TPSA) is 129 Å². The Bertz CT molecular complexity index is 209. The Morgan fingerprint density at radius 3 is 2.46 bits per heavy atom. The number of hydrazone groups is 1. The van der Waals surface area contributed by atoms with E-state index >= 15 is 0 Å². The molecule has 1 heterocycles. The average Bonchev–Trinajstić information content (AvgIpc) is 2.12. The molecule has 0 amide bonds. The first-order valence-corrected chi connectivity index (χ1v) is 3.70. The fourth-order valence-electron chi connectivity index (χ4n) is 1.13. The number of nitrogens with two attached hydrogens (primary N) is 1. The van der Waals surface area contributed by atoms with Crippen molar-refractivity contribution in [3.63, 3.8) is 0 Å². The van der Waals surface area contributed by atoms with E-state index in [0.717, 1.165) is 0 Å². The molecule has 76 valence electrons. The maximum absolute atomic E-state index is 9.30. The maximum Gasteiger partial charge on any atom is 0.199 e. The van der Waals surface area contributed by atoms with E-state index in [1.165, 1.54) is 0 Å². The summed E-state index contributed by atoms with van der Waals surface area (Å²) < 4.78 is 4.71. The Morgan fingerprint density at radius 1 is 1.38 bits per heavy atom. The van der Waals surface area contributed by atoms with Crippen LogP contribution in [0.5, 0.6) is 0 Å². The SMILES string of the molecule is NN=C1C(O)OC(CO)C(O)C1O. The summed E-state index contributed by atoms with van der Waals surface area (Å²) in [5.41, 5.74) is -0.253. The van der Waals surface area contributed by atoms with Crippen molar-refractivity contribution in [1.29, 1.82) is 0 Å². The lowest BCUT2D eigenvalue weighted by atomic mass is 10.0. The molecule has 13 heavy (non-hydrogen) atoms. The van der Waals surface area contributed by atoms with Crippen LogP contribution < -0.4 is 5.84 Å². The van der Waals surface area contributed by atoms with Crippen LogP contribution in [0, 0.1) is 0 Å². The van der Waals surface area contributed by atoms with E-state index in [4.69, 9.17) is 20.8 Å². The van der Waals surface area contributed by atoms with E-state index in [9.17, 15) is 10.2 Å². The predicted octanol–water partition coefficient (Wildman–Crippen LogP) is -3.27. The van der Waals surface area contributed by atoms with E-state index in [2.05, 4.69) is 5.10 Å². The predicted molar refractivity (Wildman–Crippen MR) is 41.6 cm³/mol. The molecule has 0 spiro atoms. The van der Waals surface area contributed by atoms with Crippen LogP contribution in [0.3, 0.4) is 0 Å². The molecule has 6 N–H and O–H groups in total. The molecule has 0 radical (unpaired) electrons. The van der Waals surface area contributed by atoms with Gasteiger partial charge in [-0.3, -0.25) is 0 Å². The van der Waals surface area contributed by atoms with Gasteiger partial charge in [0.15, 0.2) is 6.29 Å². The van der Waals surface area contributed by atoms with Gasteiger partial charge in [0.05, 0.1) is 6.61 Å². The standard InChI is InChI=1S/C6H12N2O5/c7-8-3-5(11)4(10)2(1-9)13-6(3)12/h2,4-6,9-12H,1,7H2. The summed E-state index contributed by atoms with van der Waals surface area (Å²) in [5.74, 6) is 4.85. The lowest BCUT2D eigenvalue weighted by molar-refractivity contribution is -0.181. The molecule has 0 saturated carbocycles. The van der Waals surface area contributed by atoms with Gasteiger partial charge in [0, 0.05) is 0 Å². The Balaban J connectivity index is 2.79. The second-order valence-electron chi connectivity index (χ2n) is 2.70. The largest absolute Gasteiger partial charge is 0.394 e. The van der Waals surface area contributed by atoms with Crippen LogP contribution in [0.25, 0.3) is 0 Å². The van der Waals surface area contributed by atoms with Crippen molar-refractivity contribution in [3.05, 3.63) is 0 Å². The van der Waals surface area contributed by atoms with Crippen molar-refractivity contribution in [1.82, 2.24) is 0 Å². The molecular weight excluding hydrogens is 180 g/mol. The van der Waals surface area contributed by atoms with Gasteiger partial charge in [0.2, 0.25) is 0 Å². The molecule has 1 fully saturated rings. The van der Waals surface area contributed by atoms with Gasteiger partial charge in [-0.25, -0.2) is 0 Å². The van der Waals surface area contributed by atoms with E-state index in [0.29, 0.717) is 0 Å². The fourth-order valence-corrected chi connectivity index (χ4v) is 1.13. The normalized spacial score (nSPS) is 43.8.